The molecule has 0 saturated carbocycles. The molecule has 0 bridgehead atoms. The van der Waals surface area contributed by atoms with Crippen molar-refractivity contribution in [3.05, 3.63) is 41.5 Å². The Labute approximate surface area is 113 Å². The SMILES string of the molecule is CCc1c(NN)ncnc1Nc1cc(F)c(F)c(F)c1. The summed E-state index contributed by atoms with van der Waals surface area (Å²) in [5.41, 5.74) is 3.08. The molecule has 0 aliphatic rings. The molecule has 1 heterocycles. The van der Waals surface area contributed by atoms with E-state index < -0.39 is 17.5 Å². The highest BCUT2D eigenvalue weighted by molar-refractivity contribution is 5.64. The number of halogens is 3. The number of aromatic nitrogens is 2. The molecule has 0 spiro atoms. The lowest BCUT2D eigenvalue weighted by atomic mass is 10.2. The fourth-order valence-corrected chi connectivity index (χ4v) is 1.74. The van der Waals surface area contributed by atoms with Crippen LogP contribution in [0.1, 0.15) is 12.5 Å². The van der Waals surface area contributed by atoms with E-state index in [1.165, 1.54) is 6.33 Å². The van der Waals surface area contributed by atoms with E-state index in [0.29, 0.717) is 23.6 Å². The third-order valence-electron chi connectivity index (χ3n) is 2.68. The average molecular weight is 283 g/mol. The summed E-state index contributed by atoms with van der Waals surface area (Å²) in [6.07, 6.45) is 1.78. The number of hydrogen-bond acceptors (Lipinski definition) is 5. The highest BCUT2D eigenvalue weighted by Crippen LogP contribution is 2.25. The molecule has 0 amide bonds. The quantitative estimate of drug-likeness (QED) is 0.456. The minimum Gasteiger partial charge on any atom is -0.340 e. The third-order valence-corrected chi connectivity index (χ3v) is 2.68. The Morgan fingerprint density at radius 1 is 1.10 bits per heavy atom. The Morgan fingerprint density at radius 2 is 1.70 bits per heavy atom. The Hall–Kier alpha value is -2.35. The van der Waals surface area contributed by atoms with Crippen LogP contribution in [-0.4, -0.2) is 9.97 Å². The average Bonchev–Trinajstić information content (AvgIpc) is 2.44. The molecule has 1 aromatic carbocycles. The molecule has 0 aliphatic heterocycles. The van der Waals surface area contributed by atoms with Gasteiger partial charge in [0.05, 0.1) is 0 Å². The van der Waals surface area contributed by atoms with Gasteiger partial charge in [0.25, 0.3) is 0 Å². The first kappa shape index (κ1) is 14.1. The number of rotatable bonds is 4. The summed E-state index contributed by atoms with van der Waals surface area (Å²) < 4.78 is 39.2. The van der Waals surface area contributed by atoms with E-state index in [-0.39, 0.29) is 5.69 Å². The first-order valence-corrected chi connectivity index (χ1v) is 5.78. The van der Waals surface area contributed by atoms with Gasteiger partial charge in [0.1, 0.15) is 18.0 Å². The van der Waals surface area contributed by atoms with Crippen LogP contribution in [0.4, 0.5) is 30.5 Å². The lowest BCUT2D eigenvalue weighted by molar-refractivity contribution is 0.448. The standard InChI is InChI=1S/C12H12F3N5/c1-2-7-11(17-5-18-12(7)20-16)19-6-3-8(13)10(15)9(14)4-6/h3-5H,2,16H2,1H3,(H2,17,18,19,20). The lowest BCUT2D eigenvalue weighted by Crippen LogP contribution is -2.13. The van der Waals surface area contributed by atoms with Gasteiger partial charge in [-0.1, -0.05) is 6.92 Å². The highest BCUT2D eigenvalue weighted by atomic mass is 19.2. The number of nitrogens with two attached hydrogens (primary N) is 1. The van der Waals surface area contributed by atoms with Crippen molar-refractivity contribution in [3.63, 3.8) is 0 Å². The second kappa shape index (κ2) is 5.74. The lowest BCUT2D eigenvalue weighted by Gasteiger charge is -2.13. The normalized spacial score (nSPS) is 10.4. The first-order chi connectivity index (χ1) is 9.56. The van der Waals surface area contributed by atoms with E-state index in [2.05, 4.69) is 20.7 Å². The van der Waals surface area contributed by atoms with Crippen LogP contribution >= 0.6 is 0 Å². The van der Waals surface area contributed by atoms with Crippen LogP contribution in [0.3, 0.4) is 0 Å². The summed E-state index contributed by atoms with van der Waals surface area (Å²) in [5, 5.41) is 2.71. The molecule has 0 unspecified atom stereocenters. The van der Waals surface area contributed by atoms with Crippen LogP contribution in [0.5, 0.6) is 0 Å². The summed E-state index contributed by atoms with van der Waals surface area (Å²) in [7, 11) is 0. The van der Waals surface area contributed by atoms with Crippen molar-refractivity contribution in [2.24, 2.45) is 5.84 Å². The fourth-order valence-electron chi connectivity index (χ4n) is 1.74. The van der Waals surface area contributed by atoms with Gasteiger partial charge in [-0.05, 0) is 6.42 Å². The number of hydrazine groups is 1. The Kier molecular flexibility index (Phi) is 4.04. The molecule has 0 saturated heterocycles. The van der Waals surface area contributed by atoms with Gasteiger partial charge in [-0.2, -0.15) is 0 Å². The van der Waals surface area contributed by atoms with E-state index >= 15 is 0 Å². The summed E-state index contributed by atoms with van der Waals surface area (Å²) >= 11 is 0. The number of nitrogens with one attached hydrogen (secondary N) is 2. The second-order valence-electron chi connectivity index (χ2n) is 3.93. The van der Waals surface area contributed by atoms with E-state index in [0.717, 1.165) is 12.1 Å². The summed E-state index contributed by atoms with van der Waals surface area (Å²) in [6.45, 7) is 1.84. The molecule has 0 fully saturated rings. The largest absolute Gasteiger partial charge is 0.340 e. The van der Waals surface area contributed by atoms with Crippen molar-refractivity contribution in [1.29, 1.82) is 0 Å². The van der Waals surface area contributed by atoms with Crippen molar-refractivity contribution < 1.29 is 13.2 Å². The highest BCUT2D eigenvalue weighted by Gasteiger charge is 2.13. The Bertz CT molecular complexity index is 609. The van der Waals surface area contributed by atoms with E-state index in [1.807, 2.05) is 6.92 Å². The second-order valence-corrected chi connectivity index (χ2v) is 3.93. The summed E-state index contributed by atoms with van der Waals surface area (Å²) in [6, 6.07) is 1.69. The van der Waals surface area contributed by atoms with Gasteiger partial charge < -0.3 is 10.7 Å². The Balaban J connectivity index is 2.40. The van der Waals surface area contributed by atoms with E-state index in [9.17, 15) is 13.2 Å². The van der Waals surface area contributed by atoms with E-state index in [4.69, 9.17) is 5.84 Å². The molecule has 5 nitrogen and oxygen atoms in total. The van der Waals surface area contributed by atoms with Gasteiger partial charge in [-0.15, -0.1) is 0 Å². The molecule has 0 aliphatic carbocycles. The fraction of sp³-hybridized carbons (Fsp3) is 0.167. The maximum atomic E-state index is 13.2. The molecule has 20 heavy (non-hydrogen) atoms. The van der Waals surface area contributed by atoms with Gasteiger partial charge in [0, 0.05) is 23.4 Å². The van der Waals surface area contributed by atoms with Crippen LogP contribution < -0.4 is 16.6 Å². The number of hydrogen-bond donors (Lipinski definition) is 3. The Morgan fingerprint density at radius 3 is 2.25 bits per heavy atom. The molecule has 8 heteroatoms. The van der Waals surface area contributed by atoms with Crippen molar-refractivity contribution in [1.82, 2.24) is 9.97 Å². The van der Waals surface area contributed by atoms with Crippen molar-refractivity contribution in [2.45, 2.75) is 13.3 Å². The maximum Gasteiger partial charge on any atom is 0.194 e. The monoisotopic (exact) mass is 283 g/mol. The van der Waals surface area contributed by atoms with Crippen LogP contribution in [0, 0.1) is 17.5 Å². The van der Waals surface area contributed by atoms with Crippen molar-refractivity contribution in [3.8, 4) is 0 Å². The summed E-state index contributed by atoms with van der Waals surface area (Å²) in [4.78, 5) is 7.90. The number of benzene rings is 1. The van der Waals surface area contributed by atoms with Crippen molar-refractivity contribution in [2.75, 3.05) is 10.7 Å². The number of nitrogens with zero attached hydrogens (tertiary/aromatic N) is 2. The van der Waals surface area contributed by atoms with Gasteiger partial charge in [-0.3, -0.25) is 0 Å². The number of anilines is 3. The van der Waals surface area contributed by atoms with Crippen LogP contribution in [0.25, 0.3) is 0 Å². The topological polar surface area (TPSA) is 75.9 Å². The van der Waals surface area contributed by atoms with Gasteiger partial charge in [-0.25, -0.2) is 29.0 Å². The van der Waals surface area contributed by atoms with Crippen LogP contribution in [-0.2, 0) is 6.42 Å². The minimum atomic E-state index is -1.52. The third kappa shape index (κ3) is 2.64. The van der Waals surface area contributed by atoms with Crippen LogP contribution in [0.15, 0.2) is 18.5 Å². The zero-order valence-corrected chi connectivity index (χ0v) is 10.5. The zero-order chi connectivity index (χ0) is 14.7. The summed E-state index contributed by atoms with van der Waals surface area (Å²) in [5.74, 6) is 1.97. The molecule has 2 rings (SSSR count). The molecular formula is C12H12F3N5. The maximum absolute atomic E-state index is 13.2. The molecule has 0 atom stereocenters. The van der Waals surface area contributed by atoms with Crippen molar-refractivity contribution >= 4 is 17.3 Å². The van der Waals surface area contributed by atoms with Gasteiger partial charge >= 0.3 is 0 Å². The smallest absolute Gasteiger partial charge is 0.194 e. The van der Waals surface area contributed by atoms with Gasteiger partial charge in [0.15, 0.2) is 17.5 Å². The molecule has 2 aromatic rings. The molecular weight excluding hydrogens is 271 g/mol. The van der Waals surface area contributed by atoms with Gasteiger partial charge in [0.2, 0.25) is 0 Å². The zero-order valence-electron chi connectivity index (χ0n) is 10.5. The molecule has 4 N–H and O–H groups in total. The van der Waals surface area contributed by atoms with Crippen LogP contribution in [0.2, 0.25) is 0 Å². The van der Waals surface area contributed by atoms with E-state index in [1.54, 1.807) is 0 Å². The minimum absolute atomic E-state index is 0.0396. The molecule has 0 radical (unpaired) electrons. The predicted octanol–water partition coefficient (Wildman–Crippen LogP) is 2.49. The number of nitrogen functional groups attached to an aromatic ring is 1. The first-order valence-electron chi connectivity index (χ1n) is 5.78. The molecule has 106 valence electrons. The predicted molar refractivity (Wildman–Crippen MR) is 68.8 cm³/mol. The molecule has 1 aromatic heterocycles.